The zero-order chi connectivity index (χ0) is 16.2. The van der Waals surface area contributed by atoms with Crippen molar-refractivity contribution >= 4 is 23.0 Å². The Kier molecular flexibility index (Phi) is 4.82. The first-order valence-electron chi connectivity index (χ1n) is 8.29. The van der Waals surface area contributed by atoms with Crippen LogP contribution >= 0.6 is 12.2 Å². The zero-order valence-electron chi connectivity index (χ0n) is 13.2. The van der Waals surface area contributed by atoms with Gasteiger partial charge >= 0.3 is 0 Å². The summed E-state index contributed by atoms with van der Waals surface area (Å²) in [6, 6.07) is 12.2. The van der Waals surface area contributed by atoms with Crippen molar-refractivity contribution in [3.05, 3.63) is 41.7 Å². The molecule has 1 atom stereocenters. The van der Waals surface area contributed by atoms with Crippen molar-refractivity contribution in [2.24, 2.45) is 5.73 Å². The van der Waals surface area contributed by atoms with E-state index in [0.717, 1.165) is 36.6 Å². The highest BCUT2D eigenvalue weighted by atomic mass is 32.1. The van der Waals surface area contributed by atoms with Gasteiger partial charge in [0.2, 0.25) is 0 Å². The van der Waals surface area contributed by atoms with Crippen molar-refractivity contribution in [3.63, 3.8) is 0 Å². The lowest BCUT2D eigenvalue weighted by Gasteiger charge is -2.43. The molecule has 2 heterocycles. The van der Waals surface area contributed by atoms with E-state index in [4.69, 9.17) is 18.0 Å². The largest absolute Gasteiger partial charge is 0.384 e. The predicted molar refractivity (Wildman–Crippen MR) is 96.5 cm³/mol. The van der Waals surface area contributed by atoms with E-state index in [9.17, 15) is 5.26 Å². The van der Waals surface area contributed by atoms with Crippen molar-refractivity contribution in [2.45, 2.75) is 44.6 Å². The summed E-state index contributed by atoms with van der Waals surface area (Å²) in [6.45, 7) is 0.894. The lowest BCUT2D eigenvalue weighted by Crippen LogP contribution is -2.55. The van der Waals surface area contributed by atoms with E-state index in [0.29, 0.717) is 11.4 Å². The van der Waals surface area contributed by atoms with Crippen molar-refractivity contribution in [3.8, 4) is 6.07 Å². The van der Waals surface area contributed by atoms with Gasteiger partial charge in [0.15, 0.2) is 5.11 Å². The van der Waals surface area contributed by atoms with Gasteiger partial charge in [-0.25, -0.2) is 0 Å². The Bertz CT molecular complexity index is 647. The van der Waals surface area contributed by atoms with Crippen LogP contribution in [0.5, 0.6) is 0 Å². The Hall–Kier alpha value is -2.06. The Labute approximate surface area is 143 Å². The number of hydrogen-bond donors (Lipinski definition) is 1. The van der Waals surface area contributed by atoms with Crippen LogP contribution in [0.3, 0.4) is 0 Å². The van der Waals surface area contributed by atoms with Crippen LogP contribution in [-0.2, 0) is 0 Å². The summed E-state index contributed by atoms with van der Waals surface area (Å²) < 4.78 is 0. The normalized spacial score (nSPS) is 22.7. The molecule has 0 saturated carbocycles. The van der Waals surface area contributed by atoms with Gasteiger partial charge in [-0.2, -0.15) is 5.26 Å². The number of para-hydroxylation sites is 1. The van der Waals surface area contributed by atoms with Gasteiger partial charge < -0.3 is 10.6 Å². The van der Waals surface area contributed by atoms with Gasteiger partial charge in [0.05, 0.1) is 11.6 Å². The molecule has 1 fully saturated rings. The van der Waals surface area contributed by atoms with Crippen LogP contribution < -0.4 is 10.6 Å². The molecule has 1 saturated heterocycles. The molecule has 1 unspecified atom stereocenters. The maximum atomic E-state index is 9.70. The summed E-state index contributed by atoms with van der Waals surface area (Å²) in [5.41, 5.74) is 7.94. The van der Waals surface area contributed by atoms with E-state index >= 15 is 0 Å². The molecule has 2 aliphatic heterocycles. The fourth-order valence-electron chi connectivity index (χ4n) is 3.47. The Balaban J connectivity index is 2.04. The van der Waals surface area contributed by atoms with Gasteiger partial charge in [0, 0.05) is 12.2 Å². The molecule has 0 amide bonds. The number of hydrogen-bond acceptors (Lipinski definition) is 3. The fraction of sp³-hybridized carbons (Fsp3) is 0.444. The summed E-state index contributed by atoms with van der Waals surface area (Å²) in [7, 11) is 0. The molecule has 0 aliphatic carbocycles. The van der Waals surface area contributed by atoms with Crippen LogP contribution in [0.1, 0.15) is 38.5 Å². The molecule has 5 heteroatoms. The van der Waals surface area contributed by atoms with Crippen molar-refractivity contribution < 1.29 is 0 Å². The highest BCUT2D eigenvalue weighted by Gasteiger charge is 2.36. The van der Waals surface area contributed by atoms with Gasteiger partial charge in [0.1, 0.15) is 11.9 Å². The topological polar surface area (TPSA) is 56.3 Å². The first-order chi connectivity index (χ1) is 11.2. The summed E-state index contributed by atoms with van der Waals surface area (Å²) in [5, 5.41) is 10.4. The first kappa shape index (κ1) is 15.8. The average Bonchev–Trinajstić information content (AvgIpc) is 2.69. The van der Waals surface area contributed by atoms with E-state index in [2.05, 4.69) is 11.0 Å². The summed E-state index contributed by atoms with van der Waals surface area (Å²) in [5.74, 6) is 0.490. The number of rotatable bonds is 1. The van der Waals surface area contributed by atoms with E-state index in [1.807, 2.05) is 35.2 Å². The van der Waals surface area contributed by atoms with Crippen LogP contribution in [0.4, 0.5) is 5.69 Å². The minimum atomic E-state index is 0.0329. The predicted octanol–water partition coefficient (Wildman–Crippen LogP) is 3.51. The van der Waals surface area contributed by atoms with E-state index < -0.39 is 0 Å². The third-order valence-electron chi connectivity index (χ3n) is 4.67. The maximum Gasteiger partial charge on any atom is 0.182 e. The summed E-state index contributed by atoms with van der Waals surface area (Å²) >= 11 is 5.76. The van der Waals surface area contributed by atoms with E-state index in [1.54, 1.807) is 0 Å². The summed E-state index contributed by atoms with van der Waals surface area (Å²) in [6.07, 6.45) is 6.88. The number of nitriles is 1. The molecule has 0 bridgehead atoms. The molecule has 1 aromatic rings. The van der Waals surface area contributed by atoms with Crippen molar-refractivity contribution in [1.82, 2.24) is 4.90 Å². The third kappa shape index (κ3) is 3.04. The second-order valence-corrected chi connectivity index (χ2v) is 6.50. The SMILES string of the molecule is N#CC1=C(N)N(c2ccccc2)C(=S)N2CCCCCCCC12. The monoisotopic (exact) mass is 326 g/mol. The Morgan fingerprint density at radius 3 is 2.52 bits per heavy atom. The van der Waals surface area contributed by atoms with Gasteiger partial charge in [-0.05, 0) is 37.2 Å². The first-order valence-corrected chi connectivity index (χ1v) is 8.70. The van der Waals surface area contributed by atoms with Gasteiger partial charge in [-0.15, -0.1) is 0 Å². The Morgan fingerprint density at radius 2 is 1.78 bits per heavy atom. The van der Waals surface area contributed by atoms with Crippen LogP contribution in [0.15, 0.2) is 41.7 Å². The highest BCUT2D eigenvalue weighted by molar-refractivity contribution is 7.80. The molecule has 0 aromatic heterocycles. The Morgan fingerprint density at radius 1 is 1.09 bits per heavy atom. The van der Waals surface area contributed by atoms with Gasteiger partial charge in [-0.3, -0.25) is 4.90 Å². The molecule has 2 aliphatic rings. The number of anilines is 1. The van der Waals surface area contributed by atoms with Crippen molar-refractivity contribution in [2.75, 3.05) is 11.4 Å². The van der Waals surface area contributed by atoms with Gasteiger partial charge in [0.25, 0.3) is 0 Å². The third-order valence-corrected chi connectivity index (χ3v) is 5.09. The zero-order valence-corrected chi connectivity index (χ0v) is 14.1. The lowest BCUT2D eigenvalue weighted by atomic mass is 9.98. The number of benzene rings is 1. The quantitative estimate of drug-likeness (QED) is 0.800. The number of nitrogens with two attached hydrogens (primary N) is 1. The van der Waals surface area contributed by atoms with Crippen LogP contribution in [0.25, 0.3) is 0 Å². The second kappa shape index (κ2) is 7.01. The molecule has 23 heavy (non-hydrogen) atoms. The average molecular weight is 326 g/mol. The second-order valence-electron chi connectivity index (χ2n) is 6.13. The molecule has 0 radical (unpaired) electrons. The standard InChI is InChI=1S/C18H22N4S/c19-13-15-16-11-7-2-1-3-8-12-21(16)18(23)22(17(15)20)14-9-5-4-6-10-14/h4-6,9-10,16H,1-3,7-8,11-12,20H2. The highest BCUT2D eigenvalue weighted by Crippen LogP contribution is 2.32. The molecule has 0 spiro atoms. The molecular formula is C18H22N4S. The molecule has 120 valence electrons. The van der Waals surface area contributed by atoms with E-state index in [-0.39, 0.29) is 6.04 Å². The van der Waals surface area contributed by atoms with E-state index in [1.165, 1.54) is 19.3 Å². The molecule has 1 aromatic carbocycles. The number of nitrogens with zero attached hydrogens (tertiary/aromatic N) is 3. The minimum absolute atomic E-state index is 0.0329. The van der Waals surface area contributed by atoms with Crippen LogP contribution in [-0.4, -0.2) is 22.6 Å². The van der Waals surface area contributed by atoms with Crippen molar-refractivity contribution in [1.29, 1.82) is 5.26 Å². The smallest absolute Gasteiger partial charge is 0.182 e. The molecule has 4 nitrogen and oxygen atoms in total. The molecular weight excluding hydrogens is 304 g/mol. The molecule has 2 N–H and O–H groups in total. The summed E-state index contributed by atoms with van der Waals surface area (Å²) in [4.78, 5) is 4.06. The molecule has 3 rings (SSSR count). The fourth-order valence-corrected chi connectivity index (χ4v) is 3.89. The van der Waals surface area contributed by atoms with Crippen LogP contribution in [0, 0.1) is 11.3 Å². The lowest BCUT2D eigenvalue weighted by molar-refractivity contribution is 0.323. The number of fused-ring (bicyclic) bond motifs is 1. The number of thiocarbonyl (C=S) groups is 1. The van der Waals surface area contributed by atoms with Gasteiger partial charge in [-0.1, -0.05) is 43.9 Å². The maximum absolute atomic E-state index is 9.70. The minimum Gasteiger partial charge on any atom is -0.384 e. The van der Waals surface area contributed by atoms with Crippen LogP contribution in [0.2, 0.25) is 0 Å².